The molecular weight excluding hydrogens is 356 g/mol. The Kier molecular flexibility index (Phi) is 4.99. The number of hydrogen-bond acceptors (Lipinski definition) is 5. The molecular formula is C17H22N4O4S. The summed E-state index contributed by atoms with van der Waals surface area (Å²) in [7, 11) is -1.52. The number of imidazole rings is 1. The van der Waals surface area contributed by atoms with E-state index in [-0.39, 0.29) is 40.9 Å². The zero-order valence-electron chi connectivity index (χ0n) is 14.8. The Bertz CT molecular complexity index is 951. The van der Waals surface area contributed by atoms with Crippen molar-refractivity contribution < 1.29 is 18.0 Å². The second kappa shape index (κ2) is 7.06. The highest BCUT2D eigenvalue weighted by Gasteiger charge is 2.34. The monoisotopic (exact) mass is 378 g/mol. The van der Waals surface area contributed by atoms with Crippen LogP contribution in [-0.4, -0.2) is 65.7 Å². The van der Waals surface area contributed by atoms with Crippen molar-refractivity contribution >= 4 is 27.2 Å². The number of rotatable bonds is 5. The van der Waals surface area contributed by atoms with Crippen molar-refractivity contribution in [2.75, 3.05) is 25.1 Å². The first-order valence-corrected chi connectivity index (χ1v) is 10.4. The Morgan fingerprint density at radius 2 is 2.15 bits per heavy atom. The predicted molar refractivity (Wildman–Crippen MR) is 97.0 cm³/mol. The van der Waals surface area contributed by atoms with Crippen LogP contribution in [0.3, 0.4) is 0 Å². The molecule has 1 N–H and O–H groups in total. The van der Waals surface area contributed by atoms with Gasteiger partial charge in [0, 0.05) is 25.8 Å². The molecule has 1 aliphatic rings. The fraction of sp³-hybridized carbons (Fsp3) is 0.471. The number of carbonyl (C=O) groups excluding carboxylic acids is 2. The second-order valence-corrected chi connectivity index (χ2v) is 8.70. The van der Waals surface area contributed by atoms with Gasteiger partial charge in [0.2, 0.25) is 5.82 Å². The Hall–Kier alpha value is -2.42. The van der Waals surface area contributed by atoms with Gasteiger partial charge in [-0.25, -0.2) is 13.4 Å². The number of hydrogen-bond donors (Lipinski definition) is 1. The van der Waals surface area contributed by atoms with Crippen LogP contribution in [0.15, 0.2) is 24.4 Å². The number of sulfone groups is 1. The third-order valence-corrected chi connectivity index (χ3v) is 6.32. The standard InChI is InChI=1S/C17H22N4O4S/c1-3-8-18-16(22)15-19-14(13-6-4-5-9-21(13)15)17(23)20(2)12-7-10-26(24,25)11-12/h4-6,9,12H,3,7-8,10-11H2,1-2H3,(H,18,22). The van der Waals surface area contributed by atoms with E-state index >= 15 is 0 Å². The van der Waals surface area contributed by atoms with Crippen LogP contribution < -0.4 is 5.32 Å². The van der Waals surface area contributed by atoms with E-state index in [0.29, 0.717) is 18.5 Å². The van der Waals surface area contributed by atoms with Gasteiger partial charge >= 0.3 is 0 Å². The van der Waals surface area contributed by atoms with E-state index in [2.05, 4.69) is 10.3 Å². The minimum absolute atomic E-state index is 0.0368. The third kappa shape index (κ3) is 3.44. The summed E-state index contributed by atoms with van der Waals surface area (Å²) in [6.07, 6.45) is 2.89. The molecule has 1 saturated heterocycles. The number of fused-ring (bicyclic) bond motifs is 1. The van der Waals surface area contributed by atoms with Crippen molar-refractivity contribution in [1.29, 1.82) is 0 Å². The highest BCUT2D eigenvalue weighted by atomic mass is 32.2. The maximum atomic E-state index is 12.9. The van der Waals surface area contributed by atoms with E-state index in [1.54, 1.807) is 35.8 Å². The molecule has 3 rings (SSSR count). The average molecular weight is 378 g/mol. The summed E-state index contributed by atoms with van der Waals surface area (Å²) in [5, 5.41) is 2.76. The molecule has 1 unspecified atom stereocenters. The molecule has 2 amide bonds. The van der Waals surface area contributed by atoms with Crippen molar-refractivity contribution in [1.82, 2.24) is 19.6 Å². The van der Waals surface area contributed by atoms with E-state index in [9.17, 15) is 18.0 Å². The van der Waals surface area contributed by atoms with Gasteiger partial charge in [-0.3, -0.25) is 14.0 Å². The first-order chi connectivity index (χ1) is 12.3. The van der Waals surface area contributed by atoms with Crippen LogP contribution in [0.1, 0.15) is 40.9 Å². The highest BCUT2D eigenvalue weighted by molar-refractivity contribution is 7.91. The normalized spacial score (nSPS) is 18.8. The summed E-state index contributed by atoms with van der Waals surface area (Å²) < 4.78 is 25.0. The lowest BCUT2D eigenvalue weighted by Crippen LogP contribution is -2.38. The van der Waals surface area contributed by atoms with E-state index in [4.69, 9.17) is 0 Å². The molecule has 0 aliphatic carbocycles. The summed E-state index contributed by atoms with van der Waals surface area (Å²) >= 11 is 0. The molecule has 1 aliphatic heterocycles. The molecule has 0 saturated carbocycles. The smallest absolute Gasteiger partial charge is 0.287 e. The van der Waals surface area contributed by atoms with E-state index in [0.717, 1.165) is 6.42 Å². The van der Waals surface area contributed by atoms with Gasteiger partial charge in [0.15, 0.2) is 15.5 Å². The van der Waals surface area contributed by atoms with E-state index in [1.165, 1.54) is 4.90 Å². The predicted octanol–water partition coefficient (Wildman–Crippen LogP) is 0.733. The number of aromatic nitrogens is 2. The molecule has 0 spiro atoms. The Morgan fingerprint density at radius 1 is 1.38 bits per heavy atom. The summed E-state index contributed by atoms with van der Waals surface area (Å²) in [6.45, 7) is 2.47. The van der Waals surface area contributed by atoms with Gasteiger partial charge in [0.25, 0.3) is 11.8 Å². The molecule has 3 heterocycles. The summed E-state index contributed by atoms with van der Waals surface area (Å²) in [5.41, 5.74) is 0.672. The molecule has 0 aromatic carbocycles. The Labute approximate surface area is 152 Å². The molecule has 2 aromatic heterocycles. The van der Waals surface area contributed by atoms with Crippen LogP contribution in [0, 0.1) is 0 Å². The molecule has 0 bridgehead atoms. The van der Waals surface area contributed by atoms with Gasteiger partial charge in [-0.05, 0) is 25.0 Å². The summed E-state index contributed by atoms with van der Waals surface area (Å²) in [6, 6.07) is 4.87. The molecule has 26 heavy (non-hydrogen) atoms. The van der Waals surface area contributed by atoms with Crippen LogP contribution in [0.5, 0.6) is 0 Å². The van der Waals surface area contributed by atoms with Crippen LogP contribution >= 0.6 is 0 Å². The van der Waals surface area contributed by atoms with Crippen molar-refractivity contribution in [3.63, 3.8) is 0 Å². The molecule has 9 heteroatoms. The fourth-order valence-corrected chi connectivity index (χ4v) is 4.86. The summed E-state index contributed by atoms with van der Waals surface area (Å²) in [5.74, 6) is -0.539. The van der Waals surface area contributed by atoms with Crippen LogP contribution in [0.4, 0.5) is 0 Å². The topological polar surface area (TPSA) is 101 Å². The van der Waals surface area contributed by atoms with Crippen LogP contribution in [0.25, 0.3) is 5.52 Å². The minimum atomic E-state index is -3.10. The number of nitrogens with zero attached hydrogens (tertiary/aromatic N) is 3. The van der Waals surface area contributed by atoms with Gasteiger partial charge < -0.3 is 10.2 Å². The number of carbonyl (C=O) groups is 2. The van der Waals surface area contributed by atoms with Gasteiger partial charge in [-0.1, -0.05) is 13.0 Å². The van der Waals surface area contributed by atoms with Crippen molar-refractivity contribution in [2.24, 2.45) is 0 Å². The minimum Gasteiger partial charge on any atom is -0.349 e. The Balaban J connectivity index is 1.94. The molecule has 140 valence electrons. The fourth-order valence-electron chi connectivity index (χ4n) is 3.09. The first kappa shape index (κ1) is 18.4. The zero-order valence-corrected chi connectivity index (χ0v) is 15.6. The molecule has 8 nitrogen and oxygen atoms in total. The van der Waals surface area contributed by atoms with E-state index < -0.39 is 9.84 Å². The van der Waals surface area contributed by atoms with Crippen molar-refractivity contribution in [3.8, 4) is 0 Å². The lowest BCUT2D eigenvalue weighted by molar-refractivity contribution is 0.0744. The quantitative estimate of drug-likeness (QED) is 0.827. The molecule has 2 aromatic rings. The number of pyridine rings is 1. The van der Waals surface area contributed by atoms with Gasteiger partial charge in [-0.15, -0.1) is 0 Å². The zero-order chi connectivity index (χ0) is 18.9. The number of nitrogens with one attached hydrogen (secondary N) is 1. The lowest BCUT2D eigenvalue weighted by atomic mass is 10.2. The largest absolute Gasteiger partial charge is 0.349 e. The maximum absolute atomic E-state index is 12.9. The first-order valence-electron chi connectivity index (χ1n) is 8.57. The Morgan fingerprint density at radius 3 is 2.81 bits per heavy atom. The highest BCUT2D eigenvalue weighted by Crippen LogP contribution is 2.21. The van der Waals surface area contributed by atoms with Crippen LogP contribution in [-0.2, 0) is 9.84 Å². The number of amides is 2. The SMILES string of the molecule is CCCNC(=O)c1nc(C(=O)N(C)C2CCS(=O)(=O)C2)c2ccccn12. The third-order valence-electron chi connectivity index (χ3n) is 4.57. The van der Waals surface area contributed by atoms with Gasteiger partial charge in [0.1, 0.15) is 0 Å². The molecule has 1 atom stereocenters. The summed E-state index contributed by atoms with van der Waals surface area (Å²) in [4.78, 5) is 31.0. The van der Waals surface area contributed by atoms with Crippen LogP contribution in [0.2, 0.25) is 0 Å². The average Bonchev–Trinajstić information content (AvgIpc) is 3.18. The second-order valence-electron chi connectivity index (χ2n) is 6.47. The lowest BCUT2D eigenvalue weighted by Gasteiger charge is -2.22. The molecule has 0 radical (unpaired) electrons. The van der Waals surface area contributed by atoms with Gasteiger partial charge in [-0.2, -0.15) is 0 Å². The molecule has 1 fully saturated rings. The van der Waals surface area contributed by atoms with Crippen molar-refractivity contribution in [2.45, 2.75) is 25.8 Å². The van der Waals surface area contributed by atoms with Gasteiger partial charge in [0.05, 0.1) is 17.0 Å². The van der Waals surface area contributed by atoms with E-state index in [1.807, 2.05) is 6.92 Å². The van der Waals surface area contributed by atoms with Crippen molar-refractivity contribution in [3.05, 3.63) is 35.9 Å². The maximum Gasteiger partial charge on any atom is 0.287 e.